The molecule has 1 aliphatic rings. The Morgan fingerprint density at radius 1 is 1.26 bits per heavy atom. The van der Waals surface area contributed by atoms with Gasteiger partial charge >= 0.3 is 0 Å². The normalized spacial score (nSPS) is 18.9. The van der Waals surface area contributed by atoms with Crippen LogP contribution in [0, 0.1) is 5.92 Å². The van der Waals surface area contributed by atoms with E-state index in [4.69, 9.17) is 4.74 Å². The number of hydrogen-bond acceptors (Lipinski definition) is 3. The van der Waals surface area contributed by atoms with E-state index in [1.807, 2.05) is 12.1 Å². The molecule has 1 aliphatic heterocycles. The van der Waals surface area contributed by atoms with Crippen LogP contribution in [-0.4, -0.2) is 36.8 Å². The van der Waals surface area contributed by atoms with Crippen molar-refractivity contribution >= 4 is 0 Å². The van der Waals surface area contributed by atoms with Crippen molar-refractivity contribution in [2.24, 2.45) is 5.92 Å². The van der Waals surface area contributed by atoms with E-state index in [0.717, 1.165) is 35.8 Å². The molecule has 1 atom stereocenters. The first-order chi connectivity index (χ1) is 10.8. The van der Waals surface area contributed by atoms with Crippen LogP contribution in [0.2, 0.25) is 0 Å². The first-order valence-corrected chi connectivity index (χ1v) is 8.90. The maximum Gasteiger partial charge on any atom is 0.122 e. The molecule has 130 valence electrons. The van der Waals surface area contributed by atoms with Crippen LogP contribution in [0.4, 0.5) is 0 Å². The summed E-state index contributed by atoms with van der Waals surface area (Å²) in [7, 11) is 1.71. The van der Waals surface area contributed by atoms with Gasteiger partial charge in [-0.2, -0.15) is 0 Å². The zero-order valence-corrected chi connectivity index (χ0v) is 15.4. The van der Waals surface area contributed by atoms with Crippen molar-refractivity contribution in [2.75, 3.05) is 26.7 Å². The van der Waals surface area contributed by atoms with E-state index in [1.54, 1.807) is 7.11 Å². The number of benzene rings is 1. The fraction of sp³-hybridized carbons (Fsp3) is 0.700. The minimum absolute atomic E-state index is 0.00405. The molecule has 3 nitrogen and oxygen atoms in total. The maximum atomic E-state index is 10.6. The van der Waals surface area contributed by atoms with Crippen LogP contribution >= 0.6 is 0 Å². The number of ether oxygens (including phenoxy) is 1. The molecule has 0 amide bonds. The average molecular weight is 319 g/mol. The van der Waals surface area contributed by atoms with Crippen molar-refractivity contribution in [3.63, 3.8) is 0 Å². The number of piperidine rings is 1. The molecule has 0 radical (unpaired) electrons. The number of likely N-dealkylation sites (tertiary alicyclic amines) is 1. The van der Waals surface area contributed by atoms with Gasteiger partial charge in [-0.05, 0) is 66.9 Å². The summed E-state index contributed by atoms with van der Waals surface area (Å²) in [4.78, 5) is 2.48. The number of rotatable bonds is 5. The minimum Gasteiger partial charge on any atom is -0.496 e. The van der Waals surface area contributed by atoms with Gasteiger partial charge in [0, 0.05) is 6.54 Å². The Labute approximate surface area is 141 Å². The summed E-state index contributed by atoms with van der Waals surface area (Å²) in [5.41, 5.74) is 2.16. The number of hydrogen-bond donors (Lipinski definition) is 1. The quantitative estimate of drug-likeness (QED) is 0.885. The highest BCUT2D eigenvalue weighted by Crippen LogP contribution is 2.34. The molecule has 1 fully saturated rings. The van der Waals surface area contributed by atoms with E-state index in [2.05, 4.69) is 38.7 Å². The van der Waals surface area contributed by atoms with Crippen LogP contribution in [-0.2, 0) is 5.41 Å². The third-order valence-corrected chi connectivity index (χ3v) is 5.01. The number of aliphatic hydroxyl groups is 1. The van der Waals surface area contributed by atoms with Crippen molar-refractivity contribution in [2.45, 2.75) is 58.5 Å². The van der Waals surface area contributed by atoms with Crippen LogP contribution < -0.4 is 4.74 Å². The zero-order chi connectivity index (χ0) is 17.0. The topological polar surface area (TPSA) is 32.7 Å². The van der Waals surface area contributed by atoms with Crippen LogP contribution in [0.25, 0.3) is 0 Å². The Morgan fingerprint density at radius 3 is 2.48 bits per heavy atom. The molecular weight excluding hydrogens is 286 g/mol. The molecule has 1 unspecified atom stereocenters. The molecule has 3 heteroatoms. The zero-order valence-electron chi connectivity index (χ0n) is 15.4. The SMILES string of the molecule is COc1ccc(C(O)CCN2CCC(C)CC2)cc1C(C)(C)C. The van der Waals surface area contributed by atoms with Crippen LogP contribution in [0.3, 0.4) is 0 Å². The lowest BCUT2D eigenvalue weighted by Gasteiger charge is -2.31. The molecule has 2 rings (SSSR count). The van der Waals surface area contributed by atoms with Gasteiger partial charge in [-0.3, -0.25) is 0 Å². The smallest absolute Gasteiger partial charge is 0.122 e. The van der Waals surface area contributed by atoms with E-state index >= 15 is 0 Å². The lowest BCUT2D eigenvalue weighted by Crippen LogP contribution is -2.34. The second kappa shape index (κ2) is 7.67. The summed E-state index contributed by atoms with van der Waals surface area (Å²) in [6.45, 7) is 12.2. The fourth-order valence-electron chi connectivity index (χ4n) is 3.28. The van der Waals surface area contributed by atoms with E-state index in [9.17, 15) is 5.11 Å². The third kappa shape index (κ3) is 4.95. The molecule has 0 aromatic heterocycles. The van der Waals surface area contributed by atoms with Gasteiger partial charge in [0.2, 0.25) is 0 Å². The van der Waals surface area contributed by atoms with Crippen molar-refractivity contribution in [1.82, 2.24) is 4.90 Å². The largest absolute Gasteiger partial charge is 0.496 e. The molecule has 23 heavy (non-hydrogen) atoms. The summed E-state index contributed by atoms with van der Waals surface area (Å²) in [6, 6.07) is 6.10. The summed E-state index contributed by atoms with van der Waals surface area (Å²) < 4.78 is 5.48. The number of methoxy groups -OCH3 is 1. The lowest BCUT2D eigenvalue weighted by molar-refractivity contribution is 0.125. The molecule has 0 bridgehead atoms. The van der Waals surface area contributed by atoms with Crippen LogP contribution in [0.1, 0.15) is 64.2 Å². The van der Waals surface area contributed by atoms with Gasteiger partial charge in [0.15, 0.2) is 0 Å². The lowest BCUT2D eigenvalue weighted by atomic mass is 9.84. The molecule has 0 spiro atoms. The molecule has 0 aliphatic carbocycles. The predicted octanol–water partition coefficient (Wildman–Crippen LogP) is 4.15. The Hall–Kier alpha value is -1.06. The Balaban J connectivity index is 2.00. The molecule has 1 saturated heterocycles. The first-order valence-electron chi connectivity index (χ1n) is 8.90. The van der Waals surface area contributed by atoms with Crippen molar-refractivity contribution in [3.8, 4) is 5.75 Å². The molecule has 1 aromatic carbocycles. The predicted molar refractivity (Wildman–Crippen MR) is 96.1 cm³/mol. The Kier molecular flexibility index (Phi) is 6.10. The van der Waals surface area contributed by atoms with E-state index in [1.165, 1.54) is 25.9 Å². The van der Waals surface area contributed by atoms with Gasteiger partial charge in [0.25, 0.3) is 0 Å². The van der Waals surface area contributed by atoms with Gasteiger partial charge in [-0.15, -0.1) is 0 Å². The van der Waals surface area contributed by atoms with Gasteiger partial charge in [-0.1, -0.05) is 33.8 Å². The molecule has 1 aromatic rings. The standard InChI is InChI=1S/C20H33NO2/c1-15-8-11-21(12-9-15)13-10-18(22)16-6-7-19(23-5)17(14-16)20(2,3)4/h6-7,14-15,18,22H,8-13H2,1-5H3. The Morgan fingerprint density at radius 2 is 1.91 bits per heavy atom. The van der Waals surface area contributed by atoms with Gasteiger partial charge in [0.05, 0.1) is 13.2 Å². The van der Waals surface area contributed by atoms with Gasteiger partial charge in [0.1, 0.15) is 5.75 Å². The molecule has 1 heterocycles. The fourth-order valence-corrected chi connectivity index (χ4v) is 3.28. The minimum atomic E-state index is -0.402. The second-order valence-corrected chi connectivity index (χ2v) is 8.04. The van der Waals surface area contributed by atoms with Crippen molar-refractivity contribution in [3.05, 3.63) is 29.3 Å². The third-order valence-electron chi connectivity index (χ3n) is 5.01. The van der Waals surface area contributed by atoms with Crippen molar-refractivity contribution < 1.29 is 9.84 Å². The van der Waals surface area contributed by atoms with E-state index in [0.29, 0.717) is 0 Å². The Bertz CT molecular complexity index is 499. The molecule has 1 N–H and O–H groups in total. The summed E-state index contributed by atoms with van der Waals surface area (Å²) in [6.07, 6.45) is 2.96. The van der Waals surface area contributed by atoms with Gasteiger partial charge in [-0.25, -0.2) is 0 Å². The average Bonchev–Trinajstić information content (AvgIpc) is 2.52. The van der Waals surface area contributed by atoms with Crippen LogP contribution in [0.5, 0.6) is 5.75 Å². The molecule has 0 saturated carbocycles. The highest BCUT2D eigenvalue weighted by Gasteiger charge is 2.22. The first kappa shape index (κ1) is 18.3. The van der Waals surface area contributed by atoms with E-state index in [-0.39, 0.29) is 5.41 Å². The van der Waals surface area contributed by atoms with Crippen LogP contribution in [0.15, 0.2) is 18.2 Å². The monoisotopic (exact) mass is 319 g/mol. The van der Waals surface area contributed by atoms with E-state index < -0.39 is 6.10 Å². The van der Waals surface area contributed by atoms with Gasteiger partial charge < -0.3 is 14.7 Å². The molecular formula is C20H33NO2. The highest BCUT2D eigenvalue weighted by atomic mass is 16.5. The number of aliphatic hydroxyl groups excluding tert-OH is 1. The summed E-state index contributed by atoms with van der Waals surface area (Å²) >= 11 is 0. The second-order valence-electron chi connectivity index (χ2n) is 8.04. The number of nitrogens with zero attached hydrogens (tertiary/aromatic N) is 1. The summed E-state index contributed by atoms with van der Waals surface area (Å²) in [5.74, 6) is 1.76. The van der Waals surface area contributed by atoms with Crippen molar-refractivity contribution in [1.29, 1.82) is 0 Å². The highest BCUT2D eigenvalue weighted by molar-refractivity contribution is 5.42. The maximum absolute atomic E-state index is 10.6. The summed E-state index contributed by atoms with van der Waals surface area (Å²) in [5, 5.41) is 10.6.